The van der Waals surface area contributed by atoms with E-state index in [0.717, 1.165) is 5.56 Å². The Labute approximate surface area is 159 Å². The molecule has 1 aromatic carbocycles. The first-order chi connectivity index (χ1) is 12.5. The van der Waals surface area contributed by atoms with Gasteiger partial charge in [-0.15, -0.1) is 0 Å². The lowest BCUT2D eigenvalue weighted by Gasteiger charge is -2.39. The molecule has 0 saturated heterocycles. The SMILES string of the molecule is Cc1ccc2c(c1)N(CCC(=O)NC(CC(C)C)C(=O)O)C(=O)C(C)(C)O2. The summed E-state index contributed by atoms with van der Waals surface area (Å²) in [5, 5.41) is 11.8. The van der Waals surface area contributed by atoms with E-state index in [-0.39, 0.29) is 24.8 Å². The van der Waals surface area contributed by atoms with Crippen LogP contribution in [0.2, 0.25) is 0 Å². The maximum Gasteiger partial charge on any atom is 0.326 e. The molecule has 0 spiro atoms. The summed E-state index contributed by atoms with van der Waals surface area (Å²) in [5.74, 6) is -0.946. The third-order valence-electron chi connectivity index (χ3n) is 4.43. The lowest BCUT2D eigenvalue weighted by molar-refractivity contribution is -0.142. The average Bonchev–Trinajstić information content (AvgIpc) is 2.54. The molecule has 1 aromatic rings. The quantitative estimate of drug-likeness (QED) is 0.762. The highest BCUT2D eigenvalue weighted by atomic mass is 16.5. The normalized spacial score (nSPS) is 16.5. The monoisotopic (exact) mass is 376 g/mol. The van der Waals surface area contributed by atoms with Crippen LogP contribution in [0.4, 0.5) is 5.69 Å². The molecule has 0 radical (unpaired) electrons. The molecule has 0 aliphatic carbocycles. The highest BCUT2D eigenvalue weighted by Crippen LogP contribution is 2.38. The van der Waals surface area contributed by atoms with Crippen LogP contribution >= 0.6 is 0 Å². The van der Waals surface area contributed by atoms with Crippen LogP contribution in [0.5, 0.6) is 5.75 Å². The van der Waals surface area contributed by atoms with Gasteiger partial charge in [-0.25, -0.2) is 4.79 Å². The molecule has 2 N–H and O–H groups in total. The molecule has 0 saturated carbocycles. The van der Waals surface area contributed by atoms with E-state index in [0.29, 0.717) is 17.9 Å². The lowest BCUT2D eigenvalue weighted by Crippen LogP contribution is -2.53. The second-order valence-electron chi connectivity index (χ2n) is 7.88. The number of carbonyl (C=O) groups is 3. The molecule has 1 atom stereocenters. The number of rotatable bonds is 7. The Morgan fingerprint density at radius 1 is 1.30 bits per heavy atom. The molecule has 1 unspecified atom stereocenters. The highest BCUT2D eigenvalue weighted by Gasteiger charge is 2.40. The molecule has 2 rings (SSSR count). The van der Waals surface area contributed by atoms with Gasteiger partial charge in [-0.2, -0.15) is 0 Å². The Morgan fingerprint density at radius 2 is 1.96 bits per heavy atom. The fourth-order valence-corrected chi connectivity index (χ4v) is 3.07. The fourth-order valence-electron chi connectivity index (χ4n) is 3.07. The number of ether oxygens (including phenoxy) is 1. The van der Waals surface area contributed by atoms with Crippen LogP contribution in [-0.4, -0.2) is 41.1 Å². The van der Waals surface area contributed by atoms with Crippen LogP contribution in [0, 0.1) is 12.8 Å². The Kier molecular flexibility index (Phi) is 6.13. The maximum absolute atomic E-state index is 12.8. The molecule has 148 valence electrons. The minimum absolute atomic E-state index is 0.0110. The number of carboxylic acids is 1. The zero-order chi connectivity index (χ0) is 20.4. The van der Waals surface area contributed by atoms with Crippen molar-refractivity contribution >= 4 is 23.5 Å². The number of benzene rings is 1. The van der Waals surface area contributed by atoms with E-state index in [1.807, 2.05) is 39.0 Å². The van der Waals surface area contributed by atoms with E-state index < -0.39 is 23.5 Å². The van der Waals surface area contributed by atoms with Gasteiger partial charge in [0.2, 0.25) is 5.91 Å². The van der Waals surface area contributed by atoms with Gasteiger partial charge in [0.15, 0.2) is 5.60 Å². The largest absolute Gasteiger partial charge is 0.480 e. The van der Waals surface area contributed by atoms with Crippen molar-refractivity contribution in [1.82, 2.24) is 5.32 Å². The van der Waals surface area contributed by atoms with E-state index >= 15 is 0 Å². The number of carboxylic acid groups (broad SMARTS) is 1. The van der Waals surface area contributed by atoms with Gasteiger partial charge in [-0.1, -0.05) is 19.9 Å². The molecule has 0 bridgehead atoms. The Balaban J connectivity index is 2.12. The third-order valence-corrected chi connectivity index (χ3v) is 4.43. The lowest BCUT2D eigenvalue weighted by atomic mass is 10.0. The molecule has 0 aromatic heterocycles. The zero-order valence-corrected chi connectivity index (χ0v) is 16.5. The minimum atomic E-state index is -1.05. The number of aliphatic carboxylic acids is 1. The van der Waals surface area contributed by atoms with Gasteiger partial charge in [0, 0.05) is 13.0 Å². The van der Waals surface area contributed by atoms with E-state index in [4.69, 9.17) is 4.74 Å². The summed E-state index contributed by atoms with van der Waals surface area (Å²) in [6, 6.07) is 4.64. The number of nitrogens with zero attached hydrogens (tertiary/aromatic N) is 1. The molecule has 1 aliphatic heterocycles. The number of amides is 2. The number of anilines is 1. The maximum atomic E-state index is 12.8. The van der Waals surface area contributed by atoms with Crippen molar-refractivity contribution in [1.29, 1.82) is 0 Å². The Bertz CT molecular complexity index is 742. The van der Waals surface area contributed by atoms with Gasteiger partial charge in [0.1, 0.15) is 11.8 Å². The second-order valence-corrected chi connectivity index (χ2v) is 7.88. The highest BCUT2D eigenvalue weighted by molar-refractivity contribution is 6.02. The van der Waals surface area contributed by atoms with E-state index in [1.54, 1.807) is 18.7 Å². The summed E-state index contributed by atoms with van der Waals surface area (Å²) in [5.41, 5.74) is 0.575. The van der Waals surface area contributed by atoms with Gasteiger partial charge in [0.25, 0.3) is 5.91 Å². The first kappa shape index (κ1) is 20.7. The van der Waals surface area contributed by atoms with Gasteiger partial charge in [0.05, 0.1) is 5.69 Å². The Hall–Kier alpha value is -2.57. The van der Waals surface area contributed by atoms with Crippen molar-refractivity contribution in [3.8, 4) is 5.75 Å². The number of nitrogens with one attached hydrogen (secondary N) is 1. The predicted octanol–water partition coefficient (Wildman–Crippen LogP) is 2.50. The topological polar surface area (TPSA) is 95.9 Å². The first-order valence-corrected chi connectivity index (χ1v) is 9.15. The number of aryl methyl sites for hydroxylation is 1. The van der Waals surface area contributed by atoms with Crippen molar-refractivity contribution in [3.63, 3.8) is 0 Å². The smallest absolute Gasteiger partial charge is 0.326 e. The summed E-state index contributed by atoms with van der Waals surface area (Å²) < 4.78 is 5.79. The molecule has 7 heteroatoms. The van der Waals surface area contributed by atoms with Crippen molar-refractivity contribution in [2.45, 2.75) is 59.1 Å². The zero-order valence-electron chi connectivity index (χ0n) is 16.5. The van der Waals surface area contributed by atoms with Gasteiger partial charge < -0.3 is 20.1 Å². The van der Waals surface area contributed by atoms with Crippen LogP contribution in [0.1, 0.15) is 46.1 Å². The van der Waals surface area contributed by atoms with Gasteiger partial charge in [-0.3, -0.25) is 9.59 Å². The molecular weight excluding hydrogens is 348 g/mol. The van der Waals surface area contributed by atoms with Crippen LogP contribution in [0.3, 0.4) is 0 Å². The summed E-state index contributed by atoms with van der Waals surface area (Å²) in [6.07, 6.45) is 0.365. The number of carbonyl (C=O) groups excluding carboxylic acids is 2. The second kappa shape index (κ2) is 7.98. The van der Waals surface area contributed by atoms with Crippen LogP contribution in [0.15, 0.2) is 18.2 Å². The Morgan fingerprint density at radius 3 is 2.56 bits per heavy atom. The molecule has 0 fully saturated rings. The van der Waals surface area contributed by atoms with E-state index in [9.17, 15) is 19.5 Å². The van der Waals surface area contributed by atoms with Crippen molar-refractivity contribution in [2.75, 3.05) is 11.4 Å². The molecule has 7 nitrogen and oxygen atoms in total. The molecule has 1 aliphatic rings. The van der Waals surface area contributed by atoms with Gasteiger partial charge >= 0.3 is 5.97 Å². The van der Waals surface area contributed by atoms with Crippen LogP contribution < -0.4 is 15.0 Å². The average molecular weight is 376 g/mol. The van der Waals surface area contributed by atoms with E-state index in [1.165, 1.54) is 0 Å². The summed E-state index contributed by atoms with van der Waals surface area (Å²) >= 11 is 0. The number of hydrogen-bond donors (Lipinski definition) is 2. The third kappa shape index (κ3) is 4.99. The van der Waals surface area contributed by atoms with E-state index in [2.05, 4.69) is 5.32 Å². The van der Waals surface area contributed by atoms with Crippen molar-refractivity contribution < 1.29 is 24.2 Å². The van der Waals surface area contributed by atoms with Crippen molar-refractivity contribution in [2.24, 2.45) is 5.92 Å². The predicted molar refractivity (Wildman–Crippen MR) is 102 cm³/mol. The minimum Gasteiger partial charge on any atom is -0.480 e. The van der Waals surface area contributed by atoms with Crippen LogP contribution in [0.25, 0.3) is 0 Å². The molecule has 2 amide bonds. The van der Waals surface area contributed by atoms with Crippen molar-refractivity contribution in [3.05, 3.63) is 23.8 Å². The standard InChI is InChI=1S/C20H28N2O5/c1-12(2)10-14(18(24)25)21-17(23)8-9-22-15-11-13(3)6-7-16(15)27-20(4,5)19(22)26/h6-7,11-12,14H,8-10H2,1-5H3,(H,21,23)(H,24,25). The number of hydrogen-bond acceptors (Lipinski definition) is 4. The summed E-state index contributed by atoms with van der Waals surface area (Å²) in [4.78, 5) is 37.9. The fraction of sp³-hybridized carbons (Fsp3) is 0.550. The first-order valence-electron chi connectivity index (χ1n) is 9.15. The summed E-state index contributed by atoms with van der Waals surface area (Å²) in [7, 11) is 0. The molecule has 1 heterocycles. The summed E-state index contributed by atoms with van der Waals surface area (Å²) in [6.45, 7) is 9.25. The van der Waals surface area contributed by atoms with Crippen LogP contribution in [-0.2, 0) is 14.4 Å². The van der Waals surface area contributed by atoms with Gasteiger partial charge in [-0.05, 0) is 50.8 Å². The number of fused-ring (bicyclic) bond motifs is 1. The molecular formula is C20H28N2O5. The molecule has 27 heavy (non-hydrogen) atoms.